The van der Waals surface area contributed by atoms with Crippen LogP contribution in [0.2, 0.25) is 0 Å². The van der Waals surface area contributed by atoms with Crippen LogP contribution in [-0.4, -0.2) is 58.2 Å². The maximum absolute atomic E-state index is 14.3. The number of nitrogens with one attached hydrogen (secondary N) is 2. The third-order valence-corrected chi connectivity index (χ3v) is 6.99. The van der Waals surface area contributed by atoms with Gasteiger partial charge in [0.1, 0.15) is 22.7 Å². The molecule has 1 saturated carbocycles. The molecule has 1 aliphatic heterocycles. The highest BCUT2D eigenvalue weighted by Crippen LogP contribution is 2.38. The second kappa shape index (κ2) is 10.3. The Labute approximate surface area is 221 Å². The Kier molecular flexibility index (Phi) is 7.03. The van der Waals surface area contributed by atoms with Crippen LogP contribution in [0.15, 0.2) is 30.5 Å². The van der Waals surface area contributed by atoms with E-state index in [0.717, 1.165) is 18.4 Å². The molecule has 38 heavy (non-hydrogen) atoms. The number of aromatic nitrogens is 2. The Balaban J connectivity index is 1.34. The molecule has 2 fully saturated rings. The summed E-state index contributed by atoms with van der Waals surface area (Å²) in [5.74, 6) is 0.589. The minimum absolute atomic E-state index is 0.0700. The SMILES string of the molecule is Cc1[nH]c2c(-c3cc(F)ccc3OCC3CC3)ccnc2c1C(=O)NC1CCN(C(=O)OC(C)(C)C)CC1. The third-order valence-electron chi connectivity index (χ3n) is 6.99. The number of halogens is 1. The summed E-state index contributed by atoms with van der Waals surface area (Å²) in [7, 11) is 0. The molecule has 2 N–H and O–H groups in total. The molecular weight excluding hydrogens is 487 g/mol. The molecular formula is C29H35FN4O4. The molecule has 2 amide bonds. The number of ether oxygens (including phenoxy) is 2. The van der Waals surface area contributed by atoms with Gasteiger partial charge in [-0.1, -0.05) is 0 Å². The molecule has 1 aliphatic carbocycles. The van der Waals surface area contributed by atoms with E-state index in [1.165, 1.54) is 12.1 Å². The fourth-order valence-corrected chi connectivity index (χ4v) is 4.83. The predicted molar refractivity (Wildman–Crippen MR) is 143 cm³/mol. The highest BCUT2D eigenvalue weighted by molar-refractivity contribution is 6.09. The van der Waals surface area contributed by atoms with E-state index in [4.69, 9.17) is 9.47 Å². The van der Waals surface area contributed by atoms with Gasteiger partial charge in [-0.2, -0.15) is 0 Å². The number of amides is 2. The van der Waals surface area contributed by atoms with Gasteiger partial charge in [-0.25, -0.2) is 9.18 Å². The van der Waals surface area contributed by atoms with Crippen LogP contribution in [0.1, 0.15) is 62.5 Å². The summed E-state index contributed by atoms with van der Waals surface area (Å²) < 4.78 is 25.8. The summed E-state index contributed by atoms with van der Waals surface area (Å²) in [5, 5.41) is 3.12. The van der Waals surface area contributed by atoms with Gasteiger partial charge in [0.05, 0.1) is 17.7 Å². The lowest BCUT2D eigenvalue weighted by Gasteiger charge is -2.33. The van der Waals surface area contributed by atoms with Crippen molar-refractivity contribution in [2.75, 3.05) is 19.7 Å². The first kappa shape index (κ1) is 26.0. The van der Waals surface area contributed by atoms with Crippen molar-refractivity contribution in [3.8, 4) is 16.9 Å². The third kappa shape index (κ3) is 5.76. The lowest BCUT2D eigenvalue weighted by molar-refractivity contribution is 0.0199. The van der Waals surface area contributed by atoms with E-state index in [1.807, 2.05) is 33.8 Å². The molecule has 2 aromatic heterocycles. The number of aromatic amines is 1. The van der Waals surface area contributed by atoms with Crippen molar-refractivity contribution < 1.29 is 23.5 Å². The Morgan fingerprint density at radius 1 is 1.13 bits per heavy atom. The number of hydrogen-bond donors (Lipinski definition) is 2. The zero-order valence-electron chi connectivity index (χ0n) is 22.4. The van der Waals surface area contributed by atoms with E-state index < -0.39 is 5.60 Å². The first-order chi connectivity index (χ1) is 18.1. The van der Waals surface area contributed by atoms with Gasteiger partial charge in [-0.05, 0) is 83.6 Å². The number of benzene rings is 1. The van der Waals surface area contributed by atoms with Gasteiger partial charge >= 0.3 is 6.09 Å². The van der Waals surface area contributed by atoms with E-state index in [0.29, 0.717) is 72.1 Å². The molecule has 0 bridgehead atoms. The molecule has 0 radical (unpaired) electrons. The van der Waals surface area contributed by atoms with E-state index in [-0.39, 0.29) is 23.9 Å². The largest absolute Gasteiger partial charge is 0.493 e. The van der Waals surface area contributed by atoms with E-state index in [1.54, 1.807) is 17.2 Å². The quantitative estimate of drug-likeness (QED) is 0.440. The van der Waals surface area contributed by atoms with Crippen LogP contribution in [0.25, 0.3) is 22.2 Å². The van der Waals surface area contributed by atoms with Crippen molar-refractivity contribution in [1.82, 2.24) is 20.2 Å². The predicted octanol–water partition coefficient (Wildman–Crippen LogP) is 5.60. The molecule has 8 nitrogen and oxygen atoms in total. The smallest absolute Gasteiger partial charge is 0.410 e. The number of fused-ring (bicyclic) bond motifs is 1. The molecule has 1 saturated heterocycles. The minimum atomic E-state index is -0.545. The van der Waals surface area contributed by atoms with Crippen molar-refractivity contribution >= 4 is 23.0 Å². The fraction of sp³-hybridized carbons (Fsp3) is 0.483. The number of carbonyl (C=O) groups is 2. The van der Waals surface area contributed by atoms with E-state index in [9.17, 15) is 14.0 Å². The minimum Gasteiger partial charge on any atom is -0.493 e. The van der Waals surface area contributed by atoms with Crippen LogP contribution in [0.5, 0.6) is 5.75 Å². The van der Waals surface area contributed by atoms with Crippen LogP contribution in [0, 0.1) is 18.7 Å². The average Bonchev–Trinajstić information content (AvgIpc) is 3.62. The number of piperidine rings is 1. The average molecular weight is 523 g/mol. The van der Waals surface area contributed by atoms with Crippen molar-refractivity contribution in [3.05, 3.63) is 47.5 Å². The first-order valence-electron chi connectivity index (χ1n) is 13.3. The van der Waals surface area contributed by atoms with Gasteiger partial charge in [0.25, 0.3) is 5.91 Å². The van der Waals surface area contributed by atoms with Crippen molar-refractivity contribution in [3.63, 3.8) is 0 Å². The van der Waals surface area contributed by atoms with E-state index in [2.05, 4.69) is 15.3 Å². The first-order valence-corrected chi connectivity index (χ1v) is 13.3. The van der Waals surface area contributed by atoms with Gasteiger partial charge in [0.2, 0.25) is 0 Å². The summed E-state index contributed by atoms with van der Waals surface area (Å²) >= 11 is 0. The standard InChI is InChI=1S/C29H35FN4O4/c1-17-24(27(35)33-20-10-13-34(14-11-20)28(36)38-29(2,3)4)26-25(32-17)21(9-12-31-26)22-15-19(30)7-8-23(22)37-16-18-5-6-18/h7-9,12,15,18,20,32H,5-6,10-11,13-14,16H2,1-4H3,(H,33,35). The molecule has 202 valence electrons. The van der Waals surface area contributed by atoms with Gasteiger partial charge < -0.3 is 24.7 Å². The Morgan fingerprint density at radius 2 is 1.87 bits per heavy atom. The molecule has 3 heterocycles. The number of nitrogens with zero attached hydrogens (tertiary/aromatic N) is 2. The van der Waals surface area contributed by atoms with Crippen LogP contribution < -0.4 is 10.1 Å². The number of H-pyrrole nitrogens is 1. The van der Waals surface area contributed by atoms with E-state index >= 15 is 0 Å². The fourth-order valence-electron chi connectivity index (χ4n) is 4.83. The Morgan fingerprint density at radius 3 is 2.55 bits per heavy atom. The topological polar surface area (TPSA) is 96.5 Å². The molecule has 0 unspecified atom stereocenters. The number of carbonyl (C=O) groups excluding carboxylic acids is 2. The zero-order chi connectivity index (χ0) is 27.0. The molecule has 2 aliphatic rings. The maximum atomic E-state index is 14.3. The van der Waals surface area contributed by atoms with Crippen molar-refractivity contribution in [2.45, 2.75) is 65.0 Å². The maximum Gasteiger partial charge on any atom is 0.410 e. The second-order valence-corrected chi connectivity index (χ2v) is 11.3. The lowest BCUT2D eigenvalue weighted by Crippen LogP contribution is -2.47. The van der Waals surface area contributed by atoms with Gasteiger partial charge in [-0.3, -0.25) is 9.78 Å². The monoisotopic (exact) mass is 522 g/mol. The van der Waals surface area contributed by atoms with Gasteiger partial charge in [0, 0.05) is 42.1 Å². The number of rotatable bonds is 6. The number of aryl methyl sites for hydroxylation is 1. The van der Waals surface area contributed by atoms with Crippen molar-refractivity contribution in [2.24, 2.45) is 5.92 Å². The number of hydrogen-bond acceptors (Lipinski definition) is 5. The lowest BCUT2D eigenvalue weighted by atomic mass is 10.0. The van der Waals surface area contributed by atoms with Crippen LogP contribution in [0.3, 0.4) is 0 Å². The summed E-state index contributed by atoms with van der Waals surface area (Å²) in [5.41, 5.74) is 3.15. The number of likely N-dealkylation sites (tertiary alicyclic amines) is 1. The number of pyridine rings is 1. The van der Waals surface area contributed by atoms with Gasteiger partial charge in [-0.15, -0.1) is 0 Å². The summed E-state index contributed by atoms with van der Waals surface area (Å²) in [6.45, 7) is 9.00. The highest BCUT2D eigenvalue weighted by atomic mass is 19.1. The Hall–Kier alpha value is -3.62. The highest BCUT2D eigenvalue weighted by Gasteiger charge is 2.29. The molecule has 1 aromatic carbocycles. The van der Waals surface area contributed by atoms with Gasteiger partial charge in [0.15, 0.2) is 0 Å². The van der Waals surface area contributed by atoms with Crippen LogP contribution >= 0.6 is 0 Å². The molecule has 3 aromatic rings. The van der Waals surface area contributed by atoms with Crippen LogP contribution in [-0.2, 0) is 4.74 Å². The Bertz CT molecular complexity index is 1350. The summed E-state index contributed by atoms with van der Waals surface area (Å²) in [6, 6.07) is 6.26. The van der Waals surface area contributed by atoms with Crippen LogP contribution in [0.4, 0.5) is 9.18 Å². The molecule has 0 spiro atoms. The summed E-state index contributed by atoms with van der Waals surface area (Å²) in [6.07, 6.45) is 4.89. The molecule has 5 rings (SSSR count). The second-order valence-electron chi connectivity index (χ2n) is 11.3. The molecule has 9 heteroatoms. The zero-order valence-corrected chi connectivity index (χ0v) is 22.4. The molecule has 0 atom stereocenters. The summed E-state index contributed by atoms with van der Waals surface area (Å²) in [4.78, 5) is 35.3. The normalized spacial score (nSPS) is 16.5. The van der Waals surface area contributed by atoms with Crippen molar-refractivity contribution in [1.29, 1.82) is 0 Å².